The summed E-state index contributed by atoms with van der Waals surface area (Å²) < 4.78 is 19.7. The fraction of sp³-hybridized carbons (Fsp3) is 0.263. The smallest absolute Gasteiger partial charge is 0.344 e. The summed E-state index contributed by atoms with van der Waals surface area (Å²) in [6.07, 6.45) is 1.19. The van der Waals surface area contributed by atoms with Crippen LogP contribution in [0, 0.1) is 22.6 Å². The highest BCUT2D eigenvalue weighted by atomic mass is 19.1. The standard InChI is InChI=1S/C19H24BFN6O2/c1-10-13-7-12(21)4-3-11(13)5-6-20(28)18(24)17(15(9-22)27-2)14(23)8-16(29-10)19(25)26/h3-4,7-8,10,24,27-28H,5-6,23,25-26H2,1-2H3/b14-8-,17-15-,24-18?. The molecule has 29 heavy (non-hydrogen) atoms. The molecule has 1 atom stereocenters. The number of allylic oxidation sites excluding steroid dienone is 3. The highest BCUT2D eigenvalue weighted by Gasteiger charge is 2.27. The SMILES string of the molecule is CN/C(C#N)=C1C(=N)B(O)CCc2ccc(F)cc2C(C)OC(=C(N)N)\C=C\1N. The van der Waals surface area contributed by atoms with Crippen LogP contribution in [-0.2, 0) is 11.2 Å². The van der Waals surface area contributed by atoms with Crippen LogP contribution in [-0.4, -0.2) is 24.6 Å². The highest BCUT2D eigenvalue weighted by molar-refractivity contribution is 6.88. The van der Waals surface area contributed by atoms with E-state index in [1.165, 1.54) is 25.3 Å². The van der Waals surface area contributed by atoms with Gasteiger partial charge in [-0.1, -0.05) is 6.07 Å². The van der Waals surface area contributed by atoms with Crippen LogP contribution in [0.3, 0.4) is 0 Å². The highest BCUT2D eigenvalue weighted by Crippen LogP contribution is 2.28. The van der Waals surface area contributed by atoms with E-state index in [9.17, 15) is 14.7 Å². The minimum Gasteiger partial charge on any atom is -0.482 e. The van der Waals surface area contributed by atoms with Gasteiger partial charge in [0.05, 0.1) is 0 Å². The second-order valence-corrected chi connectivity index (χ2v) is 6.60. The third kappa shape index (κ3) is 4.89. The van der Waals surface area contributed by atoms with E-state index in [-0.39, 0.29) is 40.5 Å². The zero-order valence-electron chi connectivity index (χ0n) is 16.3. The molecule has 0 amide bonds. The molecule has 0 aromatic heterocycles. The minimum atomic E-state index is -1.20. The Kier molecular flexibility index (Phi) is 6.91. The van der Waals surface area contributed by atoms with Crippen molar-refractivity contribution in [3.8, 4) is 6.07 Å². The number of nitrogens with one attached hydrogen (secondary N) is 2. The lowest BCUT2D eigenvalue weighted by atomic mass is 9.56. The van der Waals surface area contributed by atoms with Crippen molar-refractivity contribution >= 4 is 12.5 Å². The van der Waals surface area contributed by atoms with Gasteiger partial charge in [-0.05, 0) is 42.9 Å². The first kappa shape index (κ1) is 21.9. The second kappa shape index (κ2) is 9.17. The predicted molar refractivity (Wildman–Crippen MR) is 109 cm³/mol. The van der Waals surface area contributed by atoms with Crippen molar-refractivity contribution in [2.45, 2.75) is 25.8 Å². The van der Waals surface area contributed by atoms with Crippen molar-refractivity contribution < 1.29 is 14.2 Å². The van der Waals surface area contributed by atoms with Gasteiger partial charge >= 0.3 is 6.92 Å². The number of rotatable bonds is 1. The van der Waals surface area contributed by atoms with Gasteiger partial charge in [0.25, 0.3) is 0 Å². The fourth-order valence-electron chi connectivity index (χ4n) is 3.10. The third-order valence-corrected chi connectivity index (χ3v) is 4.61. The molecule has 0 radical (unpaired) electrons. The van der Waals surface area contributed by atoms with Gasteiger partial charge in [0, 0.05) is 30.0 Å². The van der Waals surface area contributed by atoms with Crippen molar-refractivity contribution in [2.75, 3.05) is 7.05 Å². The first-order valence-corrected chi connectivity index (χ1v) is 8.96. The largest absolute Gasteiger partial charge is 0.482 e. The van der Waals surface area contributed by atoms with E-state index in [1.807, 2.05) is 6.07 Å². The first-order chi connectivity index (χ1) is 13.7. The van der Waals surface area contributed by atoms with Gasteiger partial charge in [0.15, 0.2) is 5.76 Å². The number of fused-ring (bicyclic) bond motifs is 1. The van der Waals surface area contributed by atoms with Crippen molar-refractivity contribution in [3.05, 3.63) is 69.8 Å². The summed E-state index contributed by atoms with van der Waals surface area (Å²) in [5.41, 5.74) is 18.7. The number of benzene rings is 1. The maximum Gasteiger partial charge on any atom is 0.344 e. The molecule has 1 aliphatic heterocycles. The summed E-state index contributed by atoms with van der Waals surface area (Å²) in [7, 11) is 1.51. The monoisotopic (exact) mass is 398 g/mol. The van der Waals surface area contributed by atoms with Gasteiger partial charge in [-0.3, -0.25) is 0 Å². The number of ether oxygens (including phenoxy) is 1. The third-order valence-electron chi connectivity index (χ3n) is 4.61. The second-order valence-electron chi connectivity index (χ2n) is 6.60. The molecule has 0 spiro atoms. The number of nitriles is 1. The van der Waals surface area contributed by atoms with Crippen molar-refractivity contribution in [1.82, 2.24) is 5.32 Å². The Hall–Kier alpha value is -3.45. The van der Waals surface area contributed by atoms with Crippen LogP contribution in [0.25, 0.3) is 0 Å². The Bertz CT molecular complexity index is 947. The van der Waals surface area contributed by atoms with E-state index in [4.69, 9.17) is 27.3 Å². The Morgan fingerprint density at radius 3 is 2.72 bits per heavy atom. The number of aryl methyl sites for hydroxylation is 1. The Morgan fingerprint density at radius 2 is 2.14 bits per heavy atom. The lowest BCUT2D eigenvalue weighted by molar-refractivity contribution is 0.138. The molecule has 9 N–H and O–H groups in total. The van der Waals surface area contributed by atoms with Crippen LogP contribution in [0.15, 0.2) is 52.8 Å². The van der Waals surface area contributed by atoms with Crippen LogP contribution < -0.4 is 22.5 Å². The van der Waals surface area contributed by atoms with Gasteiger partial charge in [0.2, 0.25) is 0 Å². The molecule has 0 aliphatic carbocycles. The molecule has 1 unspecified atom stereocenters. The number of nitrogens with zero attached hydrogens (tertiary/aromatic N) is 1. The summed E-state index contributed by atoms with van der Waals surface area (Å²) in [6, 6.07) is 6.20. The molecule has 8 nitrogen and oxygen atoms in total. The van der Waals surface area contributed by atoms with Crippen LogP contribution in [0.2, 0.25) is 6.32 Å². The zero-order chi connectivity index (χ0) is 21.7. The quantitative estimate of drug-likeness (QED) is 0.302. The average molecular weight is 398 g/mol. The molecular weight excluding hydrogens is 374 g/mol. The van der Waals surface area contributed by atoms with Crippen LogP contribution in [0.5, 0.6) is 0 Å². The summed E-state index contributed by atoms with van der Waals surface area (Å²) in [6.45, 7) is 0.505. The summed E-state index contributed by atoms with van der Waals surface area (Å²) in [5, 5.41) is 31.0. The summed E-state index contributed by atoms with van der Waals surface area (Å²) in [4.78, 5) is 0. The van der Waals surface area contributed by atoms with Crippen molar-refractivity contribution in [2.24, 2.45) is 17.2 Å². The van der Waals surface area contributed by atoms with Gasteiger partial charge in [0.1, 0.15) is 29.5 Å². The van der Waals surface area contributed by atoms with E-state index >= 15 is 0 Å². The topological polar surface area (TPSA) is 167 Å². The van der Waals surface area contributed by atoms with Gasteiger partial charge in [-0.2, -0.15) is 5.26 Å². The van der Waals surface area contributed by atoms with Crippen molar-refractivity contribution in [1.29, 1.82) is 10.7 Å². The van der Waals surface area contributed by atoms with Gasteiger partial charge < -0.3 is 37.7 Å². The number of hydrogen-bond donors (Lipinski definition) is 6. The van der Waals surface area contributed by atoms with E-state index < -0.39 is 18.8 Å². The van der Waals surface area contributed by atoms with Crippen LogP contribution in [0.4, 0.5) is 4.39 Å². The summed E-state index contributed by atoms with van der Waals surface area (Å²) in [5.74, 6) is -0.595. The lowest BCUT2D eigenvalue weighted by Gasteiger charge is -2.22. The lowest BCUT2D eigenvalue weighted by Crippen LogP contribution is -2.32. The van der Waals surface area contributed by atoms with Crippen LogP contribution >= 0.6 is 0 Å². The summed E-state index contributed by atoms with van der Waals surface area (Å²) >= 11 is 0. The molecule has 1 aromatic rings. The number of nitrogens with two attached hydrogens (primary N) is 3. The molecule has 2 rings (SSSR count). The Labute approximate surface area is 169 Å². The number of hydrogen-bond acceptors (Lipinski definition) is 8. The minimum absolute atomic E-state index is 0.00493. The van der Waals surface area contributed by atoms with E-state index in [0.717, 1.165) is 5.56 Å². The first-order valence-electron chi connectivity index (χ1n) is 8.96. The van der Waals surface area contributed by atoms with Gasteiger partial charge in [-0.25, -0.2) is 4.39 Å². The van der Waals surface area contributed by atoms with Gasteiger partial charge in [-0.15, -0.1) is 0 Å². The predicted octanol–water partition coefficient (Wildman–Crippen LogP) is 0.928. The molecule has 0 fully saturated rings. The maximum absolute atomic E-state index is 13.8. The molecule has 0 saturated heterocycles. The Morgan fingerprint density at radius 1 is 1.45 bits per heavy atom. The molecule has 0 bridgehead atoms. The molecule has 152 valence electrons. The van der Waals surface area contributed by atoms with E-state index in [2.05, 4.69) is 5.32 Å². The van der Waals surface area contributed by atoms with E-state index in [0.29, 0.717) is 12.0 Å². The Balaban J connectivity index is 2.70. The molecular formula is C19H24BFN6O2. The van der Waals surface area contributed by atoms with Crippen LogP contribution in [0.1, 0.15) is 24.2 Å². The molecule has 10 heteroatoms. The average Bonchev–Trinajstić information content (AvgIpc) is 2.68. The maximum atomic E-state index is 13.8. The molecule has 1 heterocycles. The zero-order valence-corrected chi connectivity index (χ0v) is 16.3. The number of halogens is 1. The molecule has 1 aromatic carbocycles. The molecule has 0 saturated carbocycles. The molecule has 1 aliphatic rings. The van der Waals surface area contributed by atoms with Crippen molar-refractivity contribution in [3.63, 3.8) is 0 Å². The van der Waals surface area contributed by atoms with E-state index in [1.54, 1.807) is 13.0 Å². The normalized spacial score (nSPS) is 21.4. The fourth-order valence-corrected chi connectivity index (χ4v) is 3.10.